The standard InChI is InChI=1S/C16H22N2O3/c1-3-11(2)17-15(20)13-8-6-10-18(13)16(21)12-7-4-5-9-14(12)19/h4-5,7,9,11,13,19H,3,6,8,10H2,1-2H3,(H,17,20). The van der Waals surface area contributed by atoms with Gasteiger partial charge in [0.2, 0.25) is 5.91 Å². The number of benzene rings is 1. The molecule has 5 nitrogen and oxygen atoms in total. The summed E-state index contributed by atoms with van der Waals surface area (Å²) < 4.78 is 0. The van der Waals surface area contributed by atoms with Gasteiger partial charge in [-0.25, -0.2) is 0 Å². The lowest BCUT2D eigenvalue weighted by molar-refractivity contribution is -0.125. The molecular weight excluding hydrogens is 268 g/mol. The van der Waals surface area contributed by atoms with Crippen molar-refractivity contribution in [1.82, 2.24) is 10.2 Å². The lowest BCUT2D eigenvalue weighted by Crippen LogP contribution is -2.48. The molecule has 0 saturated carbocycles. The van der Waals surface area contributed by atoms with Crippen LogP contribution in [-0.2, 0) is 4.79 Å². The molecular formula is C16H22N2O3. The topological polar surface area (TPSA) is 69.6 Å². The maximum absolute atomic E-state index is 12.5. The summed E-state index contributed by atoms with van der Waals surface area (Å²) >= 11 is 0. The number of hydrogen-bond acceptors (Lipinski definition) is 3. The molecule has 114 valence electrons. The molecule has 1 aromatic rings. The first-order valence-electron chi connectivity index (χ1n) is 7.44. The van der Waals surface area contributed by atoms with E-state index in [1.54, 1.807) is 23.1 Å². The van der Waals surface area contributed by atoms with Crippen LogP contribution in [0.5, 0.6) is 5.75 Å². The second kappa shape index (κ2) is 6.61. The highest BCUT2D eigenvalue weighted by molar-refractivity contribution is 5.99. The number of hydrogen-bond donors (Lipinski definition) is 2. The zero-order valence-corrected chi connectivity index (χ0v) is 12.5. The van der Waals surface area contributed by atoms with Crippen LogP contribution >= 0.6 is 0 Å². The van der Waals surface area contributed by atoms with Crippen LogP contribution in [0.15, 0.2) is 24.3 Å². The van der Waals surface area contributed by atoms with E-state index in [4.69, 9.17) is 0 Å². The molecule has 1 aliphatic heterocycles. The Labute approximate surface area is 125 Å². The first-order valence-corrected chi connectivity index (χ1v) is 7.44. The van der Waals surface area contributed by atoms with Crippen molar-refractivity contribution in [3.05, 3.63) is 29.8 Å². The summed E-state index contributed by atoms with van der Waals surface area (Å²) in [4.78, 5) is 26.4. The van der Waals surface area contributed by atoms with Crippen LogP contribution in [0.4, 0.5) is 0 Å². The van der Waals surface area contributed by atoms with Crippen molar-refractivity contribution >= 4 is 11.8 Å². The molecule has 2 unspecified atom stereocenters. The van der Waals surface area contributed by atoms with Gasteiger partial charge >= 0.3 is 0 Å². The summed E-state index contributed by atoms with van der Waals surface area (Å²) in [5.41, 5.74) is 0.251. The number of amides is 2. The largest absolute Gasteiger partial charge is 0.507 e. The van der Waals surface area contributed by atoms with Crippen molar-refractivity contribution in [2.45, 2.75) is 45.2 Å². The van der Waals surface area contributed by atoms with E-state index in [1.807, 2.05) is 13.8 Å². The number of rotatable bonds is 4. The van der Waals surface area contributed by atoms with Gasteiger partial charge in [-0.2, -0.15) is 0 Å². The van der Waals surface area contributed by atoms with E-state index in [9.17, 15) is 14.7 Å². The van der Waals surface area contributed by atoms with Crippen molar-refractivity contribution in [2.24, 2.45) is 0 Å². The van der Waals surface area contributed by atoms with Gasteiger partial charge in [-0.1, -0.05) is 19.1 Å². The van der Waals surface area contributed by atoms with Crippen LogP contribution in [0.3, 0.4) is 0 Å². The van der Waals surface area contributed by atoms with Crippen molar-refractivity contribution in [1.29, 1.82) is 0 Å². The second-order valence-electron chi connectivity index (χ2n) is 5.49. The van der Waals surface area contributed by atoms with Crippen molar-refractivity contribution in [3.63, 3.8) is 0 Å². The number of carbonyl (C=O) groups is 2. The van der Waals surface area contributed by atoms with Gasteiger partial charge in [0, 0.05) is 12.6 Å². The van der Waals surface area contributed by atoms with E-state index in [-0.39, 0.29) is 29.2 Å². The van der Waals surface area contributed by atoms with E-state index in [0.717, 1.165) is 12.8 Å². The van der Waals surface area contributed by atoms with E-state index in [1.165, 1.54) is 6.07 Å². The Balaban J connectivity index is 2.13. The Hall–Kier alpha value is -2.04. The summed E-state index contributed by atoms with van der Waals surface area (Å²) in [6.45, 7) is 4.50. The zero-order valence-electron chi connectivity index (χ0n) is 12.5. The Morgan fingerprint density at radius 3 is 2.81 bits per heavy atom. The summed E-state index contributed by atoms with van der Waals surface area (Å²) in [6.07, 6.45) is 2.32. The number of phenolic OH excluding ortho intramolecular Hbond substituents is 1. The molecule has 1 fully saturated rings. The number of nitrogens with zero attached hydrogens (tertiary/aromatic N) is 1. The van der Waals surface area contributed by atoms with Crippen LogP contribution in [0.1, 0.15) is 43.5 Å². The molecule has 2 rings (SSSR count). The van der Waals surface area contributed by atoms with E-state index in [0.29, 0.717) is 13.0 Å². The molecule has 1 heterocycles. The smallest absolute Gasteiger partial charge is 0.258 e. The Morgan fingerprint density at radius 2 is 2.14 bits per heavy atom. The fourth-order valence-electron chi connectivity index (χ4n) is 2.53. The number of para-hydroxylation sites is 1. The van der Waals surface area contributed by atoms with Crippen molar-refractivity contribution in [3.8, 4) is 5.75 Å². The van der Waals surface area contributed by atoms with Gasteiger partial charge in [0.1, 0.15) is 11.8 Å². The highest BCUT2D eigenvalue weighted by Crippen LogP contribution is 2.24. The maximum Gasteiger partial charge on any atom is 0.258 e. The number of likely N-dealkylation sites (tertiary alicyclic amines) is 1. The lowest BCUT2D eigenvalue weighted by Gasteiger charge is -2.25. The molecule has 1 aliphatic rings. The average Bonchev–Trinajstić information content (AvgIpc) is 2.96. The third-order valence-electron chi connectivity index (χ3n) is 3.95. The molecule has 0 radical (unpaired) electrons. The highest BCUT2D eigenvalue weighted by Gasteiger charge is 2.35. The van der Waals surface area contributed by atoms with Gasteiger partial charge in [0.15, 0.2) is 0 Å². The lowest BCUT2D eigenvalue weighted by atomic mass is 10.1. The number of nitrogens with one attached hydrogen (secondary N) is 1. The predicted molar refractivity (Wildman–Crippen MR) is 80.1 cm³/mol. The van der Waals surface area contributed by atoms with Gasteiger partial charge in [0.25, 0.3) is 5.91 Å². The van der Waals surface area contributed by atoms with Gasteiger partial charge in [-0.3, -0.25) is 9.59 Å². The minimum absolute atomic E-state index is 0.0458. The van der Waals surface area contributed by atoms with Crippen LogP contribution in [0.25, 0.3) is 0 Å². The molecule has 0 spiro atoms. The summed E-state index contributed by atoms with van der Waals surface area (Å²) in [6, 6.07) is 6.10. The summed E-state index contributed by atoms with van der Waals surface area (Å²) in [5.74, 6) is -0.434. The van der Waals surface area contributed by atoms with Crippen LogP contribution in [0.2, 0.25) is 0 Å². The Kier molecular flexibility index (Phi) is 4.83. The molecule has 21 heavy (non-hydrogen) atoms. The van der Waals surface area contributed by atoms with Crippen LogP contribution < -0.4 is 5.32 Å². The average molecular weight is 290 g/mol. The molecule has 2 N–H and O–H groups in total. The molecule has 0 bridgehead atoms. The van der Waals surface area contributed by atoms with E-state index < -0.39 is 6.04 Å². The summed E-state index contributed by atoms with van der Waals surface area (Å²) in [5, 5.41) is 12.7. The number of carbonyl (C=O) groups excluding carboxylic acids is 2. The molecule has 0 aliphatic carbocycles. The summed E-state index contributed by atoms with van der Waals surface area (Å²) in [7, 11) is 0. The van der Waals surface area contributed by atoms with Crippen LogP contribution in [-0.4, -0.2) is 40.4 Å². The molecule has 5 heteroatoms. The van der Waals surface area contributed by atoms with Crippen molar-refractivity contribution in [2.75, 3.05) is 6.54 Å². The van der Waals surface area contributed by atoms with Crippen molar-refractivity contribution < 1.29 is 14.7 Å². The quantitative estimate of drug-likeness (QED) is 0.890. The predicted octanol–water partition coefficient (Wildman–Crippen LogP) is 1.91. The molecule has 2 atom stereocenters. The first kappa shape index (κ1) is 15.4. The van der Waals surface area contributed by atoms with Gasteiger partial charge in [-0.05, 0) is 38.3 Å². The monoisotopic (exact) mass is 290 g/mol. The fourth-order valence-corrected chi connectivity index (χ4v) is 2.53. The highest BCUT2D eigenvalue weighted by atomic mass is 16.3. The molecule has 2 amide bonds. The Morgan fingerprint density at radius 1 is 1.43 bits per heavy atom. The third-order valence-corrected chi connectivity index (χ3v) is 3.95. The Bertz CT molecular complexity index is 530. The first-order chi connectivity index (χ1) is 10.0. The molecule has 0 aromatic heterocycles. The molecule has 1 saturated heterocycles. The van der Waals surface area contributed by atoms with E-state index >= 15 is 0 Å². The molecule has 1 aromatic carbocycles. The minimum atomic E-state index is -0.439. The number of phenols is 1. The maximum atomic E-state index is 12.5. The fraction of sp³-hybridized carbons (Fsp3) is 0.500. The zero-order chi connectivity index (χ0) is 15.4. The SMILES string of the molecule is CCC(C)NC(=O)C1CCCN1C(=O)c1ccccc1O. The van der Waals surface area contributed by atoms with E-state index in [2.05, 4.69) is 5.32 Å². The van der Waals surface area contributed by atoms with Gasteiger partial charge in [0.05, 0.1) is 5.56 Å². The van der Waals surface area contributed by atoms with Gasteiger partial charge < -0.3 is 15.3 Å². The number of aromatic hydroxyl groups is 1. The normalized spacial score (nSPS) is 19.3. The van der Waals surface area contributed by atoms with Gasteiger partial charge in [-0.15, -0.1) is 0 Å². The third kappa shape index (κ3) is 3.35. The minimum Gasteiger partial charge on any atom is -0.507 e. The second-order valence-corrected chi connectivity index (χ2v) is 5.49. The van der Waals surface area contributed by atoms with Crippen LogP contribution in [0, 0.1) is 0 Å².